The fourth-order valence-corrected chi connectivity index (χ4v) is 2.80. The number of aromatic nitrogens is 1. The van der Waals surface area contributed by atoms with Gasteiger partial charge in [0.05, 0.1) is 0 Å². The fourth-order valence-electron chi connectivity index (χ4n) is 2.80. The van der Waals surface area contributed by atoms with Crippen molar-refractivity contribution in [3.8, 4) is 5.88 Å². The topological polar surface area (TPSA) is 34.2 Å². The van der Waals surface area contributed by atoms with Crippen LogP contribution in [0.2, 0.25) is 0 Å². The molecule has 0 radical (unpaired) electrons. The van der Waals surface area contributed by atoms with E-state index < -0.39 is 0 Å². The van der Waals surface area contributed by atoms with E-state index in [0.717, 1.165) is 31.3 Å². The van der Waals surface area contributed by atoms with Gasteiger partial charge in [0.25, 0.3) is 0 Å². The minimum Gasteiger partial charge on any atom is -0.474 e. The Morgan fingerprint density at radius 1 is 1.40 bits per heavy atom. The van der Waals surface area contributed by atoms with Crippen molar-refractivity contribution in [2.24, 2.45) is 11.8 Å². The van der Waals surface area contributed by atoms with E-state index in [-0.39, 0.29) is 0 Å². The lowest BCUT2D eigenvalue weighted by Crippen LogP contribution is -2.26. The smallest absolute Gasteiger partial charge is 0.218 e. The highest BCUT2D eigenvalue weighted by molar-refractivity contribution is 5.25. The summed E-state index contributed by atoms with van der Waals surface area (Å²) in [6.07, 6.45) is 7.12. The average Bonchev–Trinajstić information content (AvgIpc) is 2.40. The number of rotatable bonds is 6. The van der Waals surface area contributed by atoms with Crippen LogP contribution in [0.5, 0.6) is 5.88 Å². The van der Waals surface area contributed by atoms with Gasteiger partial charge in [-0.05, 0) is 43.7 Å². The summed E-state index contributed by atoms with van der Waals surface area (Å²) in [6, 6.07) is 4.10. The molecule has 112 valence electrons. The average molecular weight is 276 g/mol. The summed E-state index contributed by atoms with van der Waals surface area (Å²) in [6.45, 7) is 8.62. The summed E-state index contributed by atoms with van der Waals surface area (Å²) in [7, 11) is 0. The Hall–Kier alpha value is -1.09. The maximum atomic E-state index is 6.16. The molecular weight excluding hydrogens is 248 g/mol. The molecule has 0 aliphatic heterocycles. The van der Waals surface area contributed by atoms with E-state index in [1.807, 2.05) is 12.3 Å². The number of pyridine rings is 1. The van der Waals surface area contributed by atoms with Crippen molar-refractivity contribution >= 4 is 0 Å². The number of hydrogen-bond acceptors (Lipinski definition) is 3. The van der Waals surface area contributed by atoms with Gasteiger partial charge in [-0.1, -0.05) is 33.3 Å². The molecule has 2 atom stereocenters. The Kier molecular flexibility index (Phi) is 5.84. The molecule has 0 bridgehead atoms. The second-order valence-corrected chi connectivity index (χ2v) is 6.50. The Morgan fingerprint density at radius 2 is 2.25 bits per heavy atom. The van der Waals surface area contributed by atoms with Crippen LogP contribution in [0.1, 0.15) is 52.0 Å². The molecule has 1 N–H and O–H groups in total. The molecule has 0 saturated heterocycles. The molecule has 2 unspecified atom stereocenters. The maximum Gasteiger partial charge on any atom is 0.218 e. The van der Waals surface area contributed by atoms with E-state index in [1.165, 1.54) is 24.8 Å². The largest absolute Gasteiger partial charge is 0.474 e. The minimum atomic E-state index is 0.345. The normalized spacial score (nSPS) is 23.0. The SMILES string of the molecule is CC(C)CNCc1cccnc1OC1CCCC(C)C1. The quantitative estimate of drug-likeness (QED) is 0.858. The second-order valence-electron chi connectivity index (χ2n) is 6.50. The summed E-state index contributed by atoms with van der Waals surface area (Å²) in [5, 5.41) is 3.47. The van der Waals surface area contributed by atoms with E-state index in [4.69, 9.17) is 4.74 Å². The van der Waals surface area contributed by atoms with Gasteiger partial charge in [-0.2, -0.15) is 0 Å². The first kappa shape index (κ1) is 15.3. The van der Waals surface area contributed by atoms with Gasteiger partial charge in [0, 0.05) is 18.3 Å². The van der Waals surface area contributed by atoms with Gasteiger partial charge in [0.15, 0.2) is 0 Å². The van der Waals surface area contributed by atoms with E-state index in [9.17, 15) is 0 Å². The molecule has 20 heavy (non-hydrogen) atoms. The highest BCUT2D eigenvalue weighted by Gasteiger charge is 2.21. The number of nitrogens with one attached hydrogen (secondary N) is 1. The predicted octanol–water partition coefficient (Wildman–Crippen LogP) is 3.78. The molecule has 1 aromatic rings. The molecular formula is C17H28N2O. The van der Waals surface area contributed by atoms with Gasteiger partial charge in [-0.15, -0.1) is 0 Å². The van der Waals surface area contributed by atoms with Crippen LogP contribution >= 0.6 is 0 Å². The lowest BCUT2D eigenvalue weighted by atomic mass is 9.89. The van der Waals surface area contributed by atoms with Crippen molar-refractivity contribution in [1.29, 1.82) is 0 Å². The molecule has 2 rings (SSSR count). The number of nitrogens with zero attached hydrogens (tertiary/aromatic N) is 1. The Labute approximate surface area is 123 Å². The maximum absolute atomic E-state index is 6.16. The van der Waals surface area contributed by atoms with E-state index in [2.05, 4.69) is 37.1 Å². The molecule has 3 nitrogen and oxygen atoms in total. The van der Waals surface area contributed by atoms with Crippen LogP contribution in [0.25, 0.3) is 0 Å². The highest BCUT2D eigenvalue weighted by atomic mass is 16.5. The zero-order chi connectivity index (χ0) is 14.4. The molecule has 1 fully saturated rings. The van der Waals surface area contributed by atoms with Gasteiger partial charge in [-0.25, -0.2) is 4.98 Å². The molecule has 1 aliphatic carbocycles. The monoisotopic (exact) mass is 276 g/mol. The van der Waals surface area contributed by atoms with Crippen LogP contribution < -0.4 is 10.1 Å². The molecule has 0 spiro atoms. The summed E-state index contributed by atoms with van der Waals surface area (Å²) < 4.78 is 6.16. The van der Waals surface area contributed by atoms with E-state index >= 15 is 0 Å². The van der Waals surface area contributed by atoms with Crippen molar-refractivity contribution in [1.82, 2.24) is 10.3 Å². The molecule has 1 aromatic heterocycles. The minimum absolute atomic E-state index is 0.345. The van der Waals surface area contributed by atoms with Crippen molar-refractivity contribution < 1.29 is 4.74 Å². The summed E-state index contributed by atoms with van der Waals surface area (Å²) >= 11 is 0. The highest BCUT2D eigenvalue weighted by Crippen LogP contribution is 2.27. The van der Waals surface area contributed by atoms with Crippen molar-refractivity contribution in [2.75, 3.05) is 6.54 Å². The number of hydrogen-bond donors (Lipinski definition) is 1. The molecule has 0 amide bonds. The van der Waals surface area contributed by atoms with Gasteiger partial charge in [-0.3, -0.25) is 0 Å². The van der Waals surface area contributed by atoms with Crippen LogP contribution in [0.15, 0.2) is 18.3 Å². The van der Waals surface area contributed by atoms with Gasteiger partial charge in [0.1, 0.15) is 6.10 Å². The summed E-state index contributed by atoms with van der Waals surface area (Å²) in [4.78, 5) is 4.43. The number of ether oxygens (including phenoxy) is 1. The first-order valence-corrected chi connectivity index (χ1v) is 7.96. The van der Waals surface area contributed by atoms with Crippen LogP contribution in [0, 0.1) is 11.8 Å². The zero-order valence-electron chi connectivity index (χ0n) is 13.1. The van der Waals surface area contributed by atoms with Gasteiger partial charge in [0.2, 0.25) is 5.88 Å². The van der Waals surface area contributed by atoms with Crippen LogP contribution in [-0.4, -0.2) is 17.6 Å². The van der Waals surface area contributed by atoms with Gasteiger partial charge >= 0.3 is 0 Å². The zero-order valence-corrected chi connectivity index (χ0v) is 13.1. The lowest BCUT2D eigenvalue weighted by molar-refractivity contribution is 0.122. The van der Waals surface area contributed by atoms with Crippen molar-refractivity contribution in [2.45, 2.75) is 59.1 Å². The Bertz CT molecular complexity index is 406. The van der Waals surface area contributed by atoms with E-state index in [0.29, 0.717) is 12.0 Å². The molecule has 1 aliphatic rings. The van der Waals surface area contributed by atoms with Crippen LogP contribution in [0.4, 0.5) is 0 Å². The first-order valence-electron chi connectivity index (χ1n) is 7.96. The molecule has 3 heteroatoms. The van der Waals surface area contributed by atoms with Crippen LogP contribution in [-0.2, 0) is 6.54 Å². The molecule has 1 saturated carbocycles. The predicted molar refractivity (Wildman–Crippen MR) is 82.8 cm³/mol. The Balaban J connectivity index is 1.93. The van der Waals surface area contributed by atoms with Gasteiger partial charge < -0.3 is 10.1 Å². The second kappa shape index (κ2) is 7.63. The summed E-state index contributed by atoms with van der Waals surface area (Å²) in [5.74, 6) is 2.26. The molecule has 1 heterocycles. The third-order valence-electron chi connectivity index (χ3n) is 3.88. The standard InChI is InChI=1S/C17H28N2O/c1-13(2)11-18-12-15-7-5-9-19-17(15)20-16-8-4-6-14(3)10-16/h5,7,9,13-14,16,18H,4,6,8,10-12H2,1-3H3. The van der Waals surface area contributed by atoms with E-state index in [1.54, 1.807) is 0 Å². The fraction of sp³-hybridized carbons (Fsp3) is 0.706. The molecule has 0 aromatic carbocycles. The Morgan fingerprint density at radius 3 is 3.00 bits per heavy atom. The van der Waals surface area contributed by atoms with Crippen LogP contribution in [0.3, 0.4) is 0 Å². The first-order chi connectivity index (χ1) is 9.65. The van der Waals surface area contributed by atoms with Crippen molar-refractivity contribution in [3.05, 3.63) is 23.9 Å². The summed E-state index contributed by atoms with van der Waals surface area (Å²) in [5.41, 5.74) is 1.17. The third kappa shape index (κ3) is 4.78. The lowest BCUT2D eigenvalue weighted by Gasteiger charge is -2.27. The third-order valence-corrected chi connectivity index (χ3v) is 3.88. The van der Waals surface area contributed by atoms with Crippen molar-refractivity contribution in [3.63, 3.8) is 0 Å².